The van der Waals surface area contributed by atoms with E-state index < -0.39 is 49.1 Å². The van der Waals surface area contributed by atoms with Crippen LogP contribution >= 0.6 is 0 Å². The highest BCUT2D eigenvalue weighted by Gasteiger charge is 2.45. The molecule has 2 aliphatic rings. The number of benzene rings is 2. The van der Waals surface area contributed by atoms with Crippen molar-refractivity contribution in [3.8, 4) is 23.0 Å². The Bertz CT molecular complexity index is 1070. The molecule has 0 amide bonds. The molecule has 0 bridgehead atoms. The third kappa shape index (κ3) is 5.21. The fourth-order valence-electron chi connectivity index (χ4n) is 5.35. The minimum Gasteiger partial charge on any atom is -0.504 e. The van der Waals surface area contributed by atoms with E-state index in [9.17, 15) is 35.7 Å². The van der Waals surface area contributed by atoms with Crippen LogP contribution in [0.2, 0.25) is 0 Å². The Kier molecular flexibility index (Phi) is 8.44. The van der Waals surface area contributed by atoms with E-state index in [0.717, 1.165) is 16.7 Å². The number of aliphatic hydroxyl groups excluding tert-OH is 5. The number of aliphatic hydroxyl groups is 5. The molecule has 204 valence electrons. The molecule has 0 aromatic heterocycles. The van der Waals surface area contributed by atoms with E-state index in [4.69, 9.17) is 18.9 Å². The lowest BCUT2D eigenvalue weighted by molar-refractivity contribution is -0.304. The van der Waals surface area contributed by atoms with E-state index in [-0.39, 0.29) is 36.4 Å². The Morgan fingerprint density at radius 2 is 1.57 bits per heavy atom. The van der Waals surface area contributed by atoms with E-state index in [0.29, 0.717) is 12.2 Å². The number of phenols is 2. The molecule has 7 N–H and O–H groups in total. The largest absolute Gasteiger partial charge is 0.504 e. The molecule has 0 spiro atoms. The molecule has 0 saturated carbocycles. The number of aromatic hydroxyl groups is 2. The monoisotopic (exact) mass is 522 g/mol. The van der Waals surface area contributed by atoms with Crippen molar-refractivity contribution in [2.75, 3.05) is 34.0 Å². The second-order valence-electron chi connectivity index (χ2n) is 9.47. The summed E-state index contributed by atoms with van der Waals surface area (Å²) in [5.41, 5.74) is 2.34. The van der Waals surface area contributed by atoms with Crippen molar-refractivity contribution in [1.82, 2.24) is 0 Å². The summed E-state index contributed by atoms with van der Waals surface area (Å²) in [7, 11) is 2.88. The highest BCUT2D eigenvalue weighted by Crippen LogP contribution is 2.48. The number of rotatable bonds is 8. The summed E-state index contributed by atoms with van der Waals surface area (Å²) in [5.74, 6) is -0.744. The molecule has 1 fully saturated rings. The number of phenolic OH excluding ortho intramolecular Hbond substituents is 2. The summed E-state index contributed by atoms with van der Waals surface area (Å²) in [4.78, 5) is 0. The van der Waals surface area contributed by atoms with Crippen molar-refractivity contribution in [2.24, 2.45) is 11.8 Å². The van der Waals surface area contributed by atoms with E-state index in [2.05, 4.69) is 0 Å². The zero-order chi connectivity index (χ0) is 26.9. The van der Waals surface area contributed by atoms with Crippen LogP contribution in [0.3, 0.4) is 0 Å². The van der Waals surface area contributed by atoms with Crippen molar-refractivity contribution in [1.29, 1.82) is 0 Å². The highest BCUT2D eigenvalue weighted by molar-refractivity contribution is 5.53. The first kappa shape index (κ1) is 27.4. The molecule has 37 heavy (non-hydrogen) atoms. The number of ether oxygens (including phenoxy) is 4. The smallest absolute Gasteiger partial charge is 0.186 e. The molecule has 1 heterocycles. The van der Waals surface area contributed by atoms with Crippen molar-refractivity contribution in [3.05, 3.63) is 47.0 Å². The first-order chi connectivity index (χ1) is 17.7. The molecule has 11 heteroatoms. The molecule has 1 aliphatic carbocycles. The molecular weight excluding hydrogens is 488 g/mol. The van der Waals surface area contributed by atoms with E-state index in [1.54, 1.807) is 24.3 Å². The van der Waals surface area contributed by atoms with Gasteiger partial charge in [0.05, 0.1) is 27.4 Å². The van der Waals surface area contributed by atoms with Gasteiger partial charge in [-0.25, -0.2) is 0 Å². The second kappa shape index (κ2) is 11.4. The van der Waals surface area contributed by atoms with Gasteiger partial charge >= 0.3 is 0 Å². The maximum atomic E-state index is 10.6. The predicted octanol–water partition coefficient (Wildman–Crippen LogP) is -0.156. The van der Waals surface area contributed by atoms with Gasteiger partial charge in [-0.05, 0) is 59.2 Å². The molecular formula is C26H34O11. The predicted molar refractivity (Wildman–Crippen MR) is 129 cm³/mol. The van der Waals surface area contributed by atoms with E-state index in [1.807, 2.05) is 0 Å². The Morgan fingerprint density at radius 3 is 2.22 bits per heavy atom. The molecule has 2 aromatic carbocycles. The highest BCUT2D eigenvalue weighted by atomic mass is 16.7. The standard InChI is InChI=1S/C26H34O11/c1-34-19-6-12(3-4-17(19)29)22-15-8-18(30)20(35-2)7-13(15)5-14(9-27)16(22)11-36-26-25(33)24(32)23(31)21(10-28)37-26/h3-4,6-8,14,16,21-33H,5,9-11H2,1-2H3/t14-,16-,21-,22+,23+,24-,25+,26-/m1/s1. The van der Waals surface area contributed by atoms with Crippen LogP contribution in [-0.4, -0.2) is 100 Å². The van der Waals surface area contributed by atoms with Gasteiger partial charge in [0.15, 0.2) is 29.3 Å². The normalized spacial score (nSPS) is 31.5. The summed E-state index contributed by atoms with van der Waals surface area (Å²) in [5, 5.41) is 71.2. The topological polar surface area (TPSA) is 179 Å². The first-order valence-electron chi connectivity index (χ1n) is 12.0. The van der Waals surface area contributed by atoms with Gasteiger partial charge in [-0.2, -0.15) is 0 Å². The summed E-state index contributed by atoms with van der Waals surface area (Å²) in [6.07, 6.45) is -6.68. The lowest BCUT2D eigenvalue weighted by Crippen LogP contribution is -2.59. The molecule has 11 nitrogen and oxygen atoms in total. The van der Waals surface area contributed by atoms with Crippen molar-refractivity contribution >= 4 is 0 Å². The third-order valence-corrected chi connectivity index (χ3v) is 7.39. The molecule has 2 aromatic rings. The Hall–Kier alpha value is -2.64. The summed E-state index contributed by atoms with van der Waals surface area (Å²) >= 11 is 0. The van der Waals surface area contributed by atoms with Crippen LogP contribution < -0.4 is 9.47 Å². The SMILES string of the molecule is COc1cc([C@H]2c3cc(O)c(OC)cc3C[C@H](CO)[C@H]2CO[C@@H]2O[C@H](CO)[C@H](O)[C@@H](O)[C@@H]2O)ccc1O. The van der Waals surface area contributed by atoms with Crippen molar-refractivity contribution < 1.29 is 54.7 Å². The Labute approximate surface area is 214 Å². The van der Waals surface area contributed by atoms with Crippen LogP contribution in [-0.2, 0) is 15.9 Å². The maximum Gasteiger partial charge on any atom is 0.186 e. The van der Waals surface area contributed by atoms with Crippen LogP contribution in [0, 0.1) is 11.8 Å². The minimum atomic E-state index is -1.59. The molecule has 0 unspecified atom stereocenters. The van der Waals surface area contributed by atoms with Gasteiger partial charge in [-0.15, -0.1) is 0 Å². The van der Waals surface area contributed by atoms with Gasteiger partial charge in [0.2, 0.25) is 0 Å². The van der Waals surface area contributed by atoms with Crippen LogP contribution in [0.15, 0.2) is 30.3 Å². The summed E-state index contributed by atoms with van der Waals surface area (Å²) in [6.45, 7) is -0.830. The number of fused-ring (bicyclic) bond motifs is 1. The third-order valence-electron chi connectivity index (χ3n) is 7.39. The average molecular weight is 523 g/mol. The Morgan fingerprint density at radius 1 is 0.865 bits per heavy atom. The van der Waals surface area contributed by atoms with Crippen LogP contribution in [0.1, 0.15) is 22.6 Å². The maximum absolute atomic E-state index is 10.6. The molecule has 1 aliphatic heterocycles. The van der Waals surface area contributed by atoms with Gasteiger partial charge in [-0.1, -0.05) is 6.07 Å². The van der Waals surface area contributed by atoms with Gasteiger partial charge < -0.3 is 54.7 Å². The van der Waals surface area contributed by atoms with Gasteiger partial charge in [0.25, 0.3) is 0 Å². The fraction of sp³-hybridized carbons (Fsp3) is 0.538. The molecule has 4 rings (SSSR count). The lowest BCUT2D eigenvalue weighted by atomic mass is 9.67. The van der Waals surface area contributed by atoms with Crippen molar-refractivity contribution in [3.63, 3.8) is 0 Å². The first-order valence-corrected chi connectivity index (χ1v) is 12.0. The van der Waals surface area contributed by atoms with Crippen LogP contribution in [0.5, 0.6) is 23.0 Å². The Balaban J connectivity index is 1.72. The average Bonchev–Trinajstić information content (AvgIpc) is 2.90. The van der Waals surface area contributed by atoms with Gasteiger partial charge in [0, 0.05) is 12.5 Å². The zero-order valence-electron chi connectivity index (χ0n) is 20.6. The summed E-state index contributed by atoms with van der Waals surface area (Å²) in [6, 6.07) is 8.22. The lowest BCUT2D eigenvalue weighted by Gasteiger charge is -2.43. The van der Waals surface area contributed by atoms with Gasteiger partial charge in [-0.3, -0.25) is 0 Å². The van der Waals surface area contributed by atoms with E-state index >= 15 is 0 Å². The van der Waals surface area contributed by atoms with Crippen molar-refractivity contribution in [2.45, 2.75) is 43.0 Å². The molecule has 1 saturated heterocycles. The zero-order valence-corrected chi connectivity index (χ0v) is 20.6. The summed E-state index contributed by atoms with van der Waals surface area (Å²) < 4.78 is 22.0. The van der Waals surface area contributed by atoms with Gasteiger partial charge in [0.1, 0.15) is 24.4 Å². The number of hydrogen-bond donors (Lipinski definition) is 7. The number of methoxy groups -OCH3 is 2. The van der Waals surface area contributed by atoms with E-state index in [1.165, 1.54) is 20.3 Å². The second-order valence-corrected chi connectivity index (χ2v) is 9.47. The van der Waals surface area contributed by atoms with Crippen LogP contribution in [0.4, 0.5) is 0 Å². The number of hydrogen-bond acceptors (Lipinski definition) is 11. The quantitative estimate of drug-likeness (QED) is 0.245. The fourth-order valence-corrected chi connectivity index (χ4v) is 5.35. The van der Waals surface area contributed by atoms with Crippen LogP contribution in [0.25, 0.3) is 0 Å². The molecule has 8 atom stereocenters. The molecule has 0 radical (unpaired) electrons. The minimum absolute atomic E-state index is 0.0476.